The van der Waals surface area contributed by atoms with Gasteiger partial charge in [0.1, 0.15) is 5.75 Å². The van der Waals surface area contributed by atoms with E-state index in [0.717, 1.165) is 31.8 Å². The van der Waals surface area contributed by atoms with E-state index in [2.05, 4.69) is 34.4 Å². The molecular formula is C20H31F3N4O2. The molecule has 0 saturated carbocycles. The van der Waals surface area contributed by atoms with E-state index in [9.17, 15) is 13.2 Å². The highest BCUT2D eigenvalue weighted by Crippen LogP contribution is 2.18. The van der Waals surface area contributed by atoms with Crippen molar-refractivity contribution in [2.45, 2.75) is 32.7 Å². The molecule has 2 N–H and O–H groups in total. The van der Waals surface area contributed by atoms with Crippen molar-refractivity contribution in [2.24, 2.45) is 10.9 Å². The van der Waals surface area contributed by atoms with Crippen LogP contribution in [-0.2, 0) is 11.3 Å². The van der Waals surface area contributed by atoms with Crippen molar-refractivity contribution in [3.8, 4) is 5.75 Å². The van der Waals surface area contributed by atoms with Crippen LogP contribution in [-0.4, -0.2) is 69.6 Å². The van der Waals surface area contributed by atoms with Crippen molar-refractivity contribution in [3.63, 3.8) is 0 Å². The average molecular weight is 416 g/mol. The zero-order chi connectivity index (χ0) is 21.3. The Hall–Kier alpha value is -2.00. The third kappa shape index (κ3) is 9.36. The minimum Gasteiger partial charge on any atom is -0.484 e. The average Bonchev–Trinajstić information content (AvgIpc) is 2.66. The van der Waals surface area contributed by atoms with Crippen molar-refractivity contribution in [2.75, 3.05) is 46.4 Å². The normalized spacial score (nSPS) is 18.7. The lowest BCUT2D eigenvalue weighted by Crippen LogP contribution is -2.50. The fourth-order valence-electron chi connectivity index (χ4n) is 3.07. The predicted octanol–water partition coefficient (Wildman–Crippen LogP) is 2.65. The summed E-state index contributed by atoms with van der Waals surface area (Å²) in [5.41, 5.74) is 0.907. The third-order valence-corrected chi connectivity index (χ3v) is 4.35. The maximum atomic E-state index is 12.2. The Balaban J connectivity index is 1.73. The van der Waals surface area contributed by atoms with Gasteiger partial charge in [-0.2, -0.15) is 13.2 Å². The Morgan fingerprint density at radius 1 is 1.28 bits per heavy atom. The highest BCUT2D eigenvalue weighted by atomic mass is 19.4. The van der Waals surface area contributed by atoms with Gasteiger partial charge >= 0.3 is 6.18 Å². The van der Waals surface area contributed by atoms with E-state index in [-0.39, 0.29) is 11.9 Å². The highest BCUT2D eigenvalue weighted by molar-refractivity contribution is 5.79. The predicted molar refractivity (Wildman–Crippen MR) is 107 cm³/mol. The molecule has 9 heteroatoms. The van der Waals surface area contributed by atoms with Gasteiger partial charge in [-0.15, -0.1) is 0 Å². The maximum Gasteiger partial charge on any atom is 0.422 e. The summed E-state index contributed by atoms with van der Waals surface area (Å²) < 4.78 is 47.1. The van der Waals surface area contributed by atoms with Crippen LogP contribution in [0, 0.1) is 5.92 Å². The second-order valence-corrected chi connectivity index (χ2v) is 7.50. The molecule has 0 spiro atoms. The molecular weight excluding hydrogens is 385 g/mol. The Bertz CT molecular complexity index is 636. The molecule has 29 heavy (non-hydrogen) atoms. The number of nitrogens with one attached hydrogen (secondary N) is 2. The lowest BCUT2D eigenvalue weighted by atomic mass is 10.2. The van der Waals surface area contributed by atoms with E-state index < -0.39 is 12.8 Å². The van der Waals surface area contributed by atoms with E-state index >= 15 is 0 Å². The van der Waals surface area contributed by atoms with Crippen molar-refractivity contribution >= 4 is 5.96 Å². The molecule has 1 aromatic rings. The van der Waals surface area contributed by atoms with Gasteiger partial charge < -0.3 is 20.1 Å². The van der Waals surface area contributed by atoms with Crippen LogP contribution in [0.25, 0.3) is 0 Å². The smallest absolute Gasteiger partial charge is 0.422 e. The number of hydrogen-bond donors (Lipinski definition) is 2. The summed E-state index contributed by atoms with van der Waals surface area (Å²) in [6.07, 6.45) is -4.24. The number of hydrogen-bond acceptors (Lipinski definition) is 4. The molecule has 2 rings (SSSR count). The molecule has 1 fully saturated rings. The summed E-state index contributed by atoms with van der Waals surface area (Å²) in [5.74, 6) is 1.46. The van der Waals surface area contributed by atoms with E-state index in [1.807, 2.05) is 0 Å². The van der Waals surface area contributed by atoms with Gasteiger partial charge in [0.25, 0.3) is 0 Å². The number of rotatable bonds is 8. The molecule has 1 aliphatic rings. The second-order valence-electron chi connectivity index (χ2n) is 7.50. The standard InChI is InChI=1S/C20H31F3N4O2/c1-15(2)12-27-8-9-28-18(13-27)11-26-19(24-3)25-10-16-4-6-17(7-5-16)29-14-20(21,22)23/h4-7,15,18H,8-14H2,1-3H3,(H2,24,25,26). The molecule has 0 aromatic heterocycles. The van der Waals surface area contributed by atoms with Gasteiger partial charge in [0.2, 0.25) is 0 Å². The number of alkyl halides is 3. The first-order valence-corrected chi connectivity index (χ1v) is 9.82. The fourth-order valence-corrected chi connectivity index (χ4v) is 3.07. The van der Waals surface area contributed by atoms with Crippen LogP contribution < -0.4 is 15.4 Å². The van der Waals surface area contributed by atoms with Gasteiger partial charge in [-0.3, -0.25) is 9.89 Å². The van der Waals surface area contributed by atoms with Crippen molar-refractivity contribution in [1.29, 1.82) is 0 Å². The highest BCUT2D eigenvalue weighted by Gasteiger charge is 2.28. The molecule has 0 radical (unpaired) electrons. The van der Waals surface area contributed by atoms with Crippen LogP contribution in [0.15, 0.2) is 29.3 Å². The first-order chi connectivity index (χ1) is 13.7. The second kappa shape index (κ2) is 11.3. The summed E-state index contributed by atoms with van der Waals surface area (Å²) in [7, 11) is 1.69. The summed E-state index contributed by atoms with van der Waals surface area (Å²) in [6, 6.07) is 6.50. The van der Waals surface area contributed by atoms with Gasteiger partial charge in [-0.1, -0.05) is 26.0 Å². The Morgan fingerprint density at radius 2 is 2.00 bits per heavy atom. The van der Waals surface area contributed by atoms with Crippen molar-refractivity contribution in [3.05, 3.63) is 29.8 Å². The summed E-state index contributed by atoms with van der Waals surface area (Å²) in [4.78, 5) is 6.62. The zero-order valence-corrected chi connectivity index (χ0v) is 17.3. The van der Waals surface area contributed by atoms with Gasteiger partial charge in [0.15, 0.2) is 12.6 Å². The third-order valence-electron chi connectivity index (χ3n) is 4.35. The Labute approximate surface area is 170 Å². The SMILES string of the molecule is CN=C(NCc1ccc(OCC(F)(F)F)cc1)NCC1CN(CC(C)C)CCO1. The summed E-state index contributed by atoms with van der Waals surface area (Å²) >= 11 is 0. The topological polar surface area (TPSA) is 58.1 Å². The number of ether oxygens (including phenoxy) is 2. The van der Waals surface area contributed by atoms with Crippen LogP contribution in [0.5, 0.6) is 5.75 Å². The van der Waals surface area contributed by atoms with Crippen molar-refractivity contribution in [1.82, 2.24) is 15.5 Å². The summed E-state index contributed by atoms with van der Waals surface area (Å²) in [5, 5.41) is 6.46. The maximum absolute atomic E-state index is 12.2. The van der Waals surface area contributed by atoms with Gasteiger partial charge in [0.05, 0.1) is 12.7 Å². The molecule has 1 heterocycles. The van der Waals surface area contributed by atoms with E-state index in [1.165, 1.54) is 12.1 Å². The first kappa shape index (κ1) is 23.3. The van der Waals surface area contributed by atoms with Crippen LogP contribution in [0.2, 0.25) is 0 Å². The Morgan fingerprint density at radius 3 is 2.62 bits per heavy atom. The van der Waals surface area contributed by atoms with E-state index in [1.54, 1.807) is 19.2 Å². The monoisotopic (exact) mass is 416 g/mol. The molecule has 164 valence electrons. The number of benzene rings is 1. The molecule has 0 bridgehead atoms. The van der Waals surface area contributed by atoms with Crippen molar-refractivity contribution < 1.29 is 22.6 Å². The lowest BCUT2D eigenvalue weighted by Gasteiger charge is -2.34. The number of nitrogens with zero attached hydrogens (tertiary/aromatic N) is 2. The number of morpholine rings is 1. The zero-order valence-electron chi connectivity index (χ0n) is 17.3. The summed E-state index contributed by atoms with van der Waals surface area (Å²) in [6.45, 7) is 7.92. The van der Waals surface area contributed by atoms with Crippen LogP contribution in [0.1, 0.15) is 19.4 Å². The molecule has 1 unspecified atom stereocenters. The van der Waals surface area contributed by atoms with Gasteiger partial charge in [-0.05, 0) is 23.6 Å². The van der Waals surface area contributed by atoms with Crippen LogP contribution in [0.3, 0.4) is 0 Å². The van der Waals surface area contributed by atoms with E-state index in [0.29, 0.717) is 25.0 Å². The number of aliphatic imine (C=N–C) groups is 1. The number of guanidine groups is 1. The molecule has 0 amide bonds. The van der Waals surface area contributed by atoms with Crippen LogP contribution >= 0.6 is 0 Å². The van der Waals surface area contributed by atoms with Gasteiger partial charge in [-0.25, -0.2) is 0 Å². The Kier molecular flexibility index (Phi) is 9.03. The molecule has 1 aliphatic heterocycles. The first-order valence-electron chi connectivity index (χ1n) is 9.82. The number of halogens is 3. The lowest BCUT2D eigenvalue weighted by molar-refractivity contribution is -0.153. The largest absolute Gasteiger partial charge is 0.484 e. The minimum absolute atomic E-state index is 0.103. The molecule has 6 nitrogen and oxygen atoms in total. The molecule has 1 saturated heterocycles. The fraction of sp³-hybridized carbons (Fsp3) is 0.650. The molecule has 1 aromatic carbocycles. The van der Waals surface area contributed by atoms with Gasteiger partial charge in [0, 0.05) is 39.8 Å². The van der Waals surface area contributed by atoms with Crippen LogP contribution in [0.4, 0.5) is 13.2 Å². The quantitative estimate of drug-likeness (QED) is 0.504. The minimum atomic E-state index is -4.34. The van der Waals surface area contributed by atoms with E-state index in [4.69, 9.17) is 9.47 Å². The molecule has 0 aliphatic carbocycles. The molecule has 1 atom stereocenters.